The summed E-state index contributed by atoms with van der Waals surface area (Å²) < 4.78 is 4.74. The monoisotopic (exact) mass is 346 g/mol. The van der Waals surface area contributed by atoms with Crippen LogP contribution in [0.4, 0.5) is 5.69 Å². The van der Waals surface area contributed by atoms with E-state index < -0.39 is 12.0 Å². The summed E-state index contributed by atoms with van der Waals surface area (Å²) in [5.41, 5.74) is 0.909. The first-order chi connectivity index (χ1) is 11.9. The van der Waals surface area contributed by atoms with E-state index in [1.54, 1.807) is 29.2 Å². The van der Waals surface area contributed by atoms with Gasteiger partial charge in [0.1, 0.15) is 12.6 Å². The molecule has 6 nitrogen and oxygen atoms in total. The number of nitrogens with zero attached hydrogens (tertiary/aromatic N) is 2. The Bertz CT molecular complexity index is 657. The van der Waals surface area contributed by atoms with Crippen molar-refractivity contribution < 1.29 is 19.1 Å². The maximum Gasteiger partial charge on any atom is 0.325 e. The summed E-state index contributed by atoms with van der Waals surface area (Å²) in [5, 5.41) is 0. The Balaban J connectivity index is 2.56. The van der Waals surface area contributed by atoms with Crippen LogP contribution in [0.1, 0.15) is 44.0 Å². The number of benzene rings is 1. The first-order valence-electron chi connectivity index (χ1n) is 8.70. The highest BCUT2D eigenvalue weighted by Crippen LogP contribution is 2.30. The Hall–Kier alpha value is -2.37. The van der Waals surface area contributed by atoms with Crippen LogP contribution in [-0.2, 0) is 14.3 Å². The quantitative estimate of drug-likeness (QED) is 0.742. The number of hydrogen-bond donors (Lipinski definition) is 0. The summed E-state index contributed by atoms with van der Waals surface area (Å²) in [5.74, 6) is -0.985. The van der Waals surface area contributed by atoms with Crippen molar-refractivity contribution in [2.24, 2.45) is 5.92 Å². The number of methoxy groups -OCH3 is 1. The zero-order valence-corrected chi connectivity index (χ0v) is 15.3. The van der Waals surface area contributed by atoms with E-state index in [1.807, 2.05) is 20.8 Å². The molecule has 2 amide bonds. The number of para-hydroxylation sites is 1. The lowest BCUT2D eigenvalue weighted by molar-refractivity contribution is -0.140. The second-order valence-corrected chi connectivity index (χ2v) is 6.56. The number of rotatable bonds is 6. The fraction of sp³-hybridized carbons (Fsp3) is 0.526. The first-order valence-corrected chi connectivity index (χ1v) is 8.70. The summed E-state index contributed by atoms with van der Waals surface area (Å²) in [7, 11) is 1.29. The van der Waals surface area contributed by atoms with Crippen molar-refractivity contribution >= 4 is 23.5 Å². The molecule has 0 aliphatic carbocycles. The van der Waals surface area contributed by atoms with Crippen molar-refractivity contribution in [2.45, 2.75) is 39.7 Å². The minimum absolute atomic E-state index is 0.0669. The number of anilines is 1. The highest BCUT2D eigenvalue weighted by Gasteiger charge is 2.41. The smallest absolute Gasteiger partial charge is 0.325 e. The van der Waals surface area contributed by atoms with Gasteiger partial charge in [0.05, 0.1) is 18.4 Å². The molecule has 136 valence electrons. The van der Waals surface area contributed by atoms with Crippen LogP contribution in [0.5, 0.6) is 0 Å². The summed E-state index contributed by atoms with van der Waals surface area (Å²) >= 11 is 0. The number of fused-ring (bicyclic) bond motifs is 1. The van der Waals surface area contributed by atoms with Crippen molar-refractivity contribution in [3.63, 3.8) is 0 Å². The van der Waals surface area contributed by atoms with Gasteiger partial charge in [0, 0.05) is 6.54 Å². The number of carbonyl (C=O) groups excluding carboxylic acids is 3. The molecule has 1 heterocycles. The molecule has 0 aromatic heterocycles. The van der Waals surface area contributed by atoms with Gasteiger partial charge in [-0.1, -0.05) is 39.3 Å². The van der Waals surface area contributed by atoms with Gasteiger partial charge in [-0.3, -0.25) is 19.3 Å². The van der Waals surface area contributed by atoms with Crippen molar-refractivity contribution in [1.29, 1.82) is 0 Å². The van der Waals surface area contributed by atoms with Gasteiger partial charge in [-0.2, -0.15) is 0 Å². The minimum atomic E-state index is -0.601. The van der Waals surface area contributed by atoms with Crippen LogP contribution >= 0.6 is 0 Å². The second-order valence-electron chi connectivity index (χ2n) is 6.56. The Morgan fingerprint density at radius 1 is 1.24 bits per heavy atom. The van der Waals surface area contributed by atoms with E-state index in [0.717, 1.165) is 12.8 Å². The van der Waals surface area contributed by atoms with Crippen LogP contribution in [0.3, 0.4) is 0 Å². The highest BCUT2D eigenvalue weighted by atomic mass is 16.5. The third kappa shape index (κ3) is 3.83. The molecule has 1 aliphatic heterocycles. The summed E-state index contributed by atoms with van der Waals surface area (Å²) in [6.45, 7) is 6.20. The normalized spacial score (nSPS) is 17.6. The van der Waals surface area contributed by atoms with Crippen LogP contribution in [0.15, 0.2) is 24.3 Å². The van der Waals surface area contributed by atoms with Gasteiger partial charge in [-0.05, 0) is 24.5 Å². The van der Waals surface area contributed by atoms with Gasteiger partial charge < -0.3 is 9.64 Å². The number of ether oxygens (including phenoxy) is 1. The number of unbranched alkanes of at least 4 members (excludes halogenated alkanes) is 1. The minimum Gasteiger partial charge on any atom is -0.468 e. The van der Waals surface area contributed by atoms with Crippen LogP contribution in [0, 0.1) is 5.92 Å². The molecule has 1 aromatic rings. The van der Waals surface area contributed by atoms with Gasteiger partial charge in [-0.25, -0.2) is 0 Å². The Kier molecular flexibility index (Phi) is 6.17. The lowest BCUT2D eigenvalue weighted by atomic mass is 10.0. The fourth-order valence-corrected chi connectivity index (χ4v) is 3.15. The summed E-state index contributed by atoms with van der Waals surface area (Å²) in [6.07, 6.45) is 1.75. The molecule has 25 heavy (non-hydrogen) atoms. The van der Waals surface area contributed by atoms with E-state index in [1.165, 1.54) is 12.0 Å². The standard InChI is InChI=1S/C19H26N2O4/c1-5-6-11-20-17(13(2)3)19(24)21(12-16(22)25-4)15-10-8-7-9-14(15)18(20)23/h7-10,13,17H,5-6,11-12H2,1-4H3. The van der Waals surface area contributed by atoms with E-state index in [9.17, 15) is 14.4 Å². The highest BCUT2D eigenvalue weighted by molar-refractivity contribution is 6.12. The molecule has 1 aromatic carbocycles. The summed E-state index contributed by atoms with van der Waals surface area (Å²) in [6, 6.07) is 6.34. The van der Waals surface area contributed by atoms with E-state index >= 15 is 0 Å². The molecule has 0 N–H and O–H groups in total. The average molecular weight is 346 g/mol. The zero-order valence-electron chi connectivity index (χ0n) is 15.3. The van der Waals surface area contributed by atoms with Crippen molar-refractivity contribution in [3.05, 3.63) is 29.8 Å². The largest absolute Gasteiger partial charge is 0.468 e. The van der Waals surface area contributed by atoms with E-state index in [2.05, 4.69) is 0 Å². The molecule has 2 rings (SSSR count). The number of esters is 1. The van der Waals surface area contributed by atoms with Crippen molar-refractivity contribution in [1.82, 2.24) is 4.90 Å². The van der Waals surface area contributed by atoms with E-state index in [4.69, 9.17) is 4.74 Å². The Morgan fingerprint density at radius 2 is 1.92 bits per heavy atom. The molecule has 0 fully saturated rings. The first kappa shape index (κ1) is 19.0. The van der Waals surface area contributed by atoms with Crippen molar-refractivity contribution in [3.8, 4) is 0 Å². The second kappa shape index (κ2) is 8.14. The fourth-order valence-electron chi connectivity index (χ4n) is 3.15. The average Bonchev–Trinajstić information content (AvgIpc) is 2.68. The molecule has 1 atom stereocenters. The molecule has 1 unspecified atom stereocenters. The molecule has 0 saturated carbocycles. The van der Waals surface area contributed by atoms with Gasteiger partial charge in [0.15, 0.2) is 0 Å². The maximum atomic E-state index is 13.2. The van der Waals surface area contributed by atoms with Crippen LogP contribution in [-0.4, -0.2) is 48.9 Å². The molecule has 0 radical (unpaired) electrons. The van der Waals surface area contributed by atoms with Crippen molar-refractivity contribution in [2.75, 3.05) is 25.1 Å². The summed E-state index contributed by atoms with van der Waals surface area (Å²) in [4.78, 5) is 41.3. The predicted octanol–water partition coefficient (Wildman–Crippen LogP) is 2.47. The lowest BCUT2D eigenvalue weighted by Crippen LogP contribution is -2.52. The molecular weight excluding hydrogens is 320 g/mol. The van der Waals surface area contributed by atoms with E-state index in [0.29, 0.717) is 17.8 Å². The third-order valence-electron chi connectivity index (χ3n) is 4.44. The topological polar surface area (TPSA) is 66.9 Å². The lowest BCUT2D eigenvalue weighted by Gasteiger charge is -2.33. The third-order valence-corrected chi connectivity index (χ3v) is 4.44. The number of carbonyl (C=O) groups is 3. The van der Waals surface area contributed by atoms with Crippen LogP contribution < -0.4 is 4.90 Å². The van der Waals surface area contributed by atoms with E-state index in [-0.39, 0.29) is 24.3 Å². The van der Waals surface area contributed by atoms with Crippen LogP contribution in [0.2, 0.25) is 0 Å². The molecule has 0 spiro atoms. The molecule has 0 bridgehead atoms. The SMILES string of the molecule is CCCCN1C(=O)c2ccccc2N(CC(=O)OC)C(=O)C1C(C)C. The Morgan fingerprint density at radius 3 is 2.52 bits per heavy atom. The van der Waals surface area contributed by atoms with Gasteiger partial charge in [-0.15, -0.1) is 0 Å². The number of hydrogen-bond acceptors (Lipinski definition) is 4. The van der Waals surface area contributed by atoms with Gasteiger partial charge in [0.2, 0.25) is 0 Å². The predicted molar refractivity (Wildman–Crippen MR) is 95.4 cm³/mol. The zero-order chi connectivity index (χ0) is 18.6. The molecular formula is C19H26N2O4. The molecule has 6 heteroatoms. The van der Waals surface area contributed by atoms with Gasteiger partial charge >= 0.3 is 5.97 Å². The number of amides is 2. The molecule has 0 saturated heterocycles. The maximum absolute atomic E-state index is 13.2. The van der Waals surface area contributed by atoms with Gasteiger partial charge in [0.25, 0.3) is 11.8 Å². The Labute approximate surface area is 148 Å². The molecule has 1 aliphatic rings. The van der Waals surface area contributed by atoms with Crippen LogP contribution in [0.25, 0.3) is 0 Å².